The number of carbonyl (C=O) groups excluding carboxylic acids is 1. The molecule has 5 heteroatoms. The zero-order valence-corrected chi connectivity index (χ0v) is 12.2. The topological polar surface area (TPSA) is 58.4 Å². The van der Waals surface area contributed by atoms with Gasteiger partial charge in [-0.15, -0.1) is 11.3 Å². The summed E-state index contributed by atoms with van der Waals surface area (Å²) in [6.45, 7) is 5.78. The fraction of sp³-hybridized carbons (Fsp3) is 0.615. The monoisotopic (exact) mass is 269 g/mol. The van der Waals surface area contributed by atoms with E-state index in [9.17, 15) is 4.79 Å². The molecule has 0 aliphatic carbocycles. The maximum Gasteiger partial charge on any atom is 0.234 e. The zero-order chi connectivity index (χ0) is 13.5. The van der Waals surface area contributed by atoms with Gasteiger partial charge < -0.3 is 11.1 Å². The first-order chi connectivity index (χ1) is 8.60. The lowest BCUT2D eigenvalue weighted by Crippen LogP contribution is -2.39. The Labute approximate surface area is 113 Å². The van der Waals surface area contributed by atoms with E-state index < -0.39 is 0 Å². The second-order valence-electron chi connectivity index (χ2n) is 4.48. The van der Waals surface area contributed by atoms with Crippen LogP contribution in [0.5, 0.6) is 0 Å². The maximum atomic E-state index is 11.7. The van der Waals surface area contributed by atoms with Gasteiger partial charge >= 0.3 is 0 Å². The lowest BCUT2D eigenvalue weighted by atomic mass is 10.1. The van der Waals surface area contributed by atoms with E-state index in [0.29, 0.717) is 13.1 Å². The second-order valence-corrected chi connectivity index (χ2v) is 5.43. The van der Waals surface area contributed by atoms with Gasteiger partial charge in [-0.2, -0.15) is 0 Å². The SMILES string of the molecule is CCCNC(=O)CN(C)C(CN)c1sccc1C. The molecule has 0 saturated heterocycles. The number of likely N-dealkylation sites (N-methyl/N-ethyl adjacent to an activating group) is 1. The van der Waals surface area contributed by atoms with Crippen LogP contribution < -0.4 is 11.1 Å². The van der Waals surface area contributed by atoms with Crippen LogP contribution >= 0.6 is 11.3 Å². The molecule has 18 heavy (non-hydrogen) atoms. The molecule has 1 atom stereocenters. The summed E-state index contributed by atoms with van der Waals surface area (Å²) in [6, 6.07) is 2.21. The van der Waals surface area contributed by atoms with Crippen molar-refractivity contribution < 1.29 is 4.79 Å². The minimum Gasteiger partial charge on any atom is -0.355 e. The van der Waals surface area contributed by atoms with Gasteiger partial charge in [0.15, 0.2) is 0 Å². The lowest BCUT2D eigenvalue weighted by molar-refractivity contribution is -0.122. The van der Waals surface area contributed by atoms with E-state index in [1.165, 1.54) is 10.4 Å². The zero-order valence-electron chi connectivity index (χ0n) is 11.4. The highest BCUT2D eigenvalue weighted by Gasteiger charge is 2.20. The Bertz CT molecular complexity index is 378. The van der Waals surface area contributed by atoms with Crippen molar-refractivity contribution in [1.29, 1.82) is 0 Å². The van der Waals surface area contributed by atoms with Gasteiger partial charge in [-0.3, -0.25) is 9.69 Å². The summed E-state index contributed by atoms with van der Waals surface area (Å²) in [5.41, 5.74) is 7.09. The van der Waals surface area contributed by atoms with Gasteiger partial charge in [0.25, 0.3) is 0 Å². The van der Waals surface area contributed by atoms with Crippen molar-refractivity contribution in [2.45, 2.75) is 26.3 Å². The molecule has 0 aliphatic heterocycles. The number of hydrogen-bond donors (Lipinski definition) is 2. The summed E-state index contributed by atoms with van der Waals surface area (Å²) >= 11 is 1.70. The highest BCUT2D eigenvalue weighted by Crippen LogP contribution is 2.26. The average Bonchev–Trinajstić information content (AvgIpc) is 2.74. The summed E-state index contributed by atoms with van der Waals surface area (Å²) in [6.07, 6.45) is 0.958. The number of hydrogen-bond acceptors (Lipinski definition) is 4. The van der Waals surface area contributed by atoms with Gasteiger partial charge in [0.05, 0.1) is 12.6 Å². The van der Waals surface area contributed by atoms with E-state index in [-0.39, 0.29) is 11.9 Å². The molecule has 0 bridgehead atoms. The highest BCUT2D eigenvalue weighted by atomic mass is 32.1. The number of nitrogens with two attached hydrogens (primary N) is 1. The molecule has 0 aliphatic rings. The first-order valence-corrected chi connectivity index (χ1v) is 7.19. The minimum absolute atomic E-state index is 0.0620. The fourth-order valence-corrected chi connectivity index (χ4v) is 2.98. The number of rotatable bonds is 7. The number of thiophene rings is 1. The fourth-order valence-electron chi connectivity index (χ4n) is 1.87. The van der Waals surface area contributed by atoms with Crippen LogP contribution in [-0.2, 0) is 4.79 Å². The Morgan fingerprint density at radius 2 is 2.33 bits per heavy atom. The second kappa shape index (κ2) is 7.51. The lowest BCUT2D eigenvalue weighted by Gasteiger charge is -2.26. The van der Waals surface area contributed by atoms with Gasteiger partial charge in [-0.05, 0) is 37.4 Å². The Balaban J connectivity index is 2.60. The molecule has 0 aromatic carbocycles. The van der Waals surface area contributed by atoms with Gasteiger partial charge in [0, 0.05) is 18.0 Å². The predicted molar refractivity (Wildman–Crippen MR) is 76.8 cm³/mol. The van der Waals surface area contributed by atoms with Crippen LogP contribution in [0.3, 0.4) is 0 Å². The molecule has 0 radical (unpaired) electrons. The summed E-state index contributed by atoms with van der Waals surface area (Å²) in [5.74, 6) is 0.0620. The molecule has 0 saturated carbocycles. The molecule has 1 amide bonds. The van der Waals surface area contributed by atoms with Crippen LogP contribution in [0.4, 0.5) is 0 Å². The molecule has 3 N–H and O–H groups in total. The van der Waals surface area contributed by atoms with Gasteiger partial charge in [0.2, 0.25) is 5.91 Å². The normalized spacial score (nSPS) is 12.7. The van der Waals surface area contributed by atoms with Gasteiger partial charge in [-0.25, -0.2) is 0 Å². The predicted octanol–water partition coefficient (Wildman–Crippen LogP) is 1.51. The molecular formula is C13H23N3OS. The number of nitrogens with zero attached hydrogens (tertiary/aromatic N) is 1. The number of amides is 1. The van der Waals surface area contributed by atoms with Crippen LogP contribution in [0.1, 0.15) is 29.8 Å². The number of nitrogens with one attached hydrogen (secondary N) is 1. The van der Waals surface area contributed by atoms with E-state index in [1.807, 2.05) is 18.9 Å². The van der Waals surface area contributed by atoms with E-state index in [1.54, 1.807) is 11.3 Å². The van der Waals surface area contributed by atoms with Crippen LogP contribution in [-0.4, -0.2) is 37.5 Å². The van der Waals surface area contributed by atoms with Crippen LogP contribution in [0.15, 0.2) is 11.4 Å². The Morgan fingerprint density at radius 3 is 2.83 bits per heavy atom. The van der Waals surface area contributed by atoms with E-state index in [0.717, 1.165) is 13.0 Å². The van der Waals surface area contributed by atoms with Gasteiger partial charge in [0.1, 0.15) is 0 Å². The number of aryl methyl sites for hydroxylation is 1. The molecule has 1 aromatic rings. The Kier molecular flexibility index (Phi) is 6.32. The number of carbonyl (C=O) groups is 1. The Morgan fingerprint density at radius 1 is 1.61 bits per heavy atom. The third-order valence-corrected chi connectivity index (χ3v) is 4.05. The molecule has 4 nitrogen and oxygen atoms in total. The largest absolute Gasteiger partial charge is 0.355 e. The van der Waals surface area contributed by atoms with E-state index >= 15 is 0 Å². The summed E-state index contributed by atoms with van der Waals surface area (Å²) in [4.78, 5) is 15.0. The molecule has 102 valence electrons. The molecule has 1 aromatic heterocycles. The van der Waals surface area contributed by atoms with Crippen LogP contribution in [0, 0.1) is 6.92 Å². The van der Waals surface area contributed by atoms with E-state index in [2.05, 4.69) is 23.7 Å². The molecule has 0 fully saturated rings. The van der Waals surface area contributed by atoms with Crippen molar-refractivity contribution in [3.8, 4) is 0 Å². The van der Waals surface area contributed by atoms with Crippen molar-refractivity contribution in [3.05, 3.63) is 21.9 Å². The minimum atomic E-state index is 0.0620. The highest BCUT2D eigenvalue weighted by molar-refractivity contribution is 7.10. The van der Waals surface area contributed by atoms with Crippen molar-refractivity contribution in [2.75, 3.05) is 26.7 Å². The van der Waals surface area contributed by atoms with Gasteiger partial charge in [-0.1, -0.05) is 6.92 Å². The van der Waals surface area contributed by atoms with Crippen LogP contribution in [0.2, 0.25) is 0 Å². The third kappa shape index (κ3) is 4.08. The molecule has 1 heterocycles. The molecule has 0 spiro atoms. The standard InChI is InChI=1S/C13H23N3OS/c1-4-6-15-12(17)9-16(3)11(8-14)13-10(2)5-7-18-13/h5,7,11H,4,6,8-9,14H2,1-3H3,(H,15,17). The van der Waals surface area contributed by atoms with Crippen molar-refractivity contribution in [3.63, 3.8) is 0 Å². The van der Waals surface area contributed by atoms with Crippen molar-refractivity contribution in [1.82, 2.24) is 10.2 Å². The summed E-state index contributed by atoms with van der Waals surface area (Å²) in [5, 5.41) is 4.95. The third-order valence-electron chi connectivity index (χ3n) is 2.92. The van der Waals surface area contributed by atoms with Crippen molar-refractivity contribution >= 4 is 17.2 Å². The van der Waals surface area contributed by atoms with Crippen molar-refractivity contribution in [2.24, 2.45) is 5.73 Å². The molecule has 1 unspecified atom stereocenters. The molecular weight excluding hydrogens is 246 g/mol. The van der Waals surface area contributed by atoms with Crippen LogP contribution in [0.25, 0.3) is 0 Å². The summed E-state index contributed by atoms with van der Waals surface area (Å²) in [7, 11) is 1.95. The average molecular weight is 269 g/mol. The van der Waals surface area contributed by atoms with E-state index in [4.69, 9.17) is 5.73 Å². The first-order valence-electron chi connectivity index (χ1n) is 6.31. The Hall–Kier alpha value is -0.910. The molecule has 1 rings (SSSR count). The first kappa shape index (κ1) is 15.1. The smallest absolute Gasteiger partial charge is 0.234 e. The quantitative estimate of drug-likeness (QED) is 0.789. The maximum absolute atomic E-state index is 11.7. The summed E-state index contributed by atoms with van der Waals surface area (Å²) < 4.78 is 0.